The number of fused-ring (bicyclic) bond motifs is 3. The van der Waals surface area contributed by atoms with Crippen LogP contribution in [-0.2, 0) is 0 Å². The Kier molecular flexibility index (Phi) is 5.15. The zero-order chi connectivity index (χ0) is 24.8. The Morgan fingerprint density at radius 1 is 0.568 bits per heavy atom. The van der Waals surface area contributed by atoms with Gasteiger partial charge in [0.2, 0.25) is 0 Å². The number of benzene rings is 6. The van der Waals surface area contributed by atoms with Crippen LogP contribution in [-0.4, -0.2) is 6.54 Å². The van der Waals surface area contributed by atoms with Crippen molar-refractivity contribution in [1.82, 2.24) is 5.32 Å². The molecule has 0 unspecified atom stereocenters. The predicted octanol–water partition coefficient (Wildman–Crippen LogP) is 9.29. The molecule has 6 aromatic carbocycles. The van der Waals surface area contributed by atoms with Crippen LogP contribution in [0, 0.1) is 6.92 Å². The highest BCUT2D eigenvalue weighted by molar-refractivity contribution is 6.21. The maximum Gasteiger partial charge on any atom is 0.0419 e. The van der Waals surface area contributed by atoms with Crippen LogP contribution in [0.1, 0.15) is 11.1 Å². The maximum atomic E-state index is 3.55. The quantitative estimate of drug-likeness (QED) is 0.253. The van der Waals surface area contributed by atoms with Crippen LogP contribution in [0.15, 0.2) is 127 Å². The lowest BCUT2D eigenvalue weighted by Crippen LogP contribution is -2.15. The molecule has 0 bridgehead atoms. The topological polar surface area (TPSA) is 12.0 Å². The average molecular weight is 474 g/mol. The van der Waals surface area contributed by atoms with Gasteiger partial charge in [0.25, 0.3) is 0 Å². The van der Waals surface area contributed by atoms with Gasteiger partial charge < -0.3 is 5.32 Å². The van der Waals surface area contributed by atoms with E-state index in [0.717, 1.165) is 6.54 Å². The Morgan fingerprint density at radius 2 is 1.14 bits per heavy atom. The molecule has 0 aromatic heterocycles. The van der Waals surface area contributed by atoms with Gasteiger partial charge in [0, 0.05) is 17.8 Å². The summed E-state index contributed by atoms with van der Waals surface area (Å²) in [5.74, 6) is 0. The van der Waals surface area contributed by atoms with Crippen LogP contribution in [0.5, 0.6) is 0 Å². The number of aryl methyl sites for hydroxylation is 1. The molecular weight excluding hydrogens is 446 g/mol. The van der Waals surface area contributed by atoms with Crippen molar-refractivity contribution in [3.05, 3.63) is 139 Å². The normalized spacial score (nSPS) is 13.2. The molecule has 176 valence electrons. The van der Waals surface area contributed by atoms with Crippen molar-refractivity contribution in [2.75, 3.05) is 6.54 Å². The molecule has 1 heteroatoms. The first-order valence-electron chi connectivity index (χ1n) is 12.9. The molecule has 6 aromatic rings. The SMILES string of the molecule is Cc1ccc(-c2c3ccccc3c(-c3ccc4ccccc4c3)c3ccccc23)cc1C1=CC=CCN1. The summed E-state index contributed by atoms with van der Waals surface area (Å²) >= 11 is 0. The summed E-state index contributed by atoms with van der Waals surface area (Å²) in [5, 5.41) is 11.2. The molecule has 1 aliphatic heterocycles. The second kappa shape index (κ2) is 8.80. The molecule has 1 aliphatic rings. The number of dihydropyridines is 1. The van der Waals surface area contributed by atoms with Crippen LogP contribution in [0.2, 0.25) is 0 Å². The van der Waals surface area contributed by atoms with E-state index in [4.69, 9.17) is 0 Å². The van der Waals surface area contributed by atoms with E-state index in [2.05, 4.69) is 140 Å². The van der Waals surface area contributed by atoms with Gasteiger partial charge in [0.05, 0.1) is 0 Å². The zero-order valence-electron chi connectivity index (χ0n) is 20.8. The van der Waals surface area contributed by atoms with Gasteiger partial charge >= 0.3 is 0 Å². The molecule has 7 rings (SSSR count). The van der Waals surface area contributed by atoms with Gasteiger partial charge in [-0.1, -0.05) is 109 Å². The second-order valence-electron chi connectivity index (χ2n) is 9.82. The van der Waals surface area contributed by atoms with Crippen molar-refractivity contribution in [3.63, 3.8) is 0 Å². The first kappa shape index (κ1) is 21.6. The van der Waals surface area contributed by atoms with Crippen molar-refractivity contribution in [2.45, 2.75) is 6.92 Å². The molecule has 0 saturated heterocycles. The number of rotatable bonds is 3. The van der Waals surface area contributed by atoms with Crippen LogP contribution in [0.25, 0.3) is 60.3 Å². The molecule has 1 heterocycles. The van der Waals surface area contributed by atoms with Crippen LogP contribution in [0.3, 0.4) is 0 Å². The summed E-state index contributed by atoms with van der Waals surface area (Å²) in [6.45, 7) is 3.06. The van der Waals surface area contributed by atoms with Crippen molar-refractivity contribution < 1.29 is 0 Å². The Morgan fingerprint density at radius 3 is 1.76 bits per heavy atom. The van der Waals surface area contributed by atoms with Crippen LogP contribution < -0.4 is 5.32 Å². The average Bonchev–Trinajstić information content (AvgIpc) is 2.96. The Balaban J connectivity index is 1.55. The first-order valence-corrected chi connectivity index (χ1v) is 12.9. The fourth-order valence-electron chi connectivity index (χ4n) is 5.81. The van der Waals surface area contributed by atoms with Crippen LogP contribution in [0.4, 0.5) is 0 Å². The van der Waals surface area contributed by atoms with E-state index in [1.54, 1.807) is 0 Å². The summed E-state index contributed by atoms with van der Waals surface area (Å²) < 4.78 is 0. The lowest BCUT2D eigenvalue weighted by Gasteiger charge is -2.20. The first-order chi connectivity index (χ1) is 18.3. The van der Waals surface area contributed by atoms with Crippen molar-refractivity contribution in [3.8, 4) is 22.3 Å². The molecule has 0 radical (unpaired) electrons. The van der Waals surface area contributed by atoms with E-state index < -0.39 is 0 Å². The van der Waals surface area contributed by atoms with E-state index >= 15 is 0 Å². The molecule has 1 nitrogen and oxygen atoms in total. The van der Waals surface area contributed by atoms with E-state index in [1.165, 1.54) is 71.4 Å². The number of allylic oxidation sites excluding steroid dienone is 2. The molecule has 0 saturated carbocycles. The molecule has 37 heavy (non-hydrogen) atoms. The molecule has 0 amide bonds. The monoisotopic (exact) mass is 473 g/mol. The van der Waals surface area contributed by atoms with Crippen molar-refractivity contribution in [2.24, 2.45) is 0 Å². The fourth-order valence-corrected chi connectivity index (χ4v) is 5.81. The second-order valence-corrected chi connectivity index (χ2v) is 9.82. The highest BCUT2D eigenvalue weighted by Crippen LogP contribution is 2.44. The third-order valence-corrected chi connectivity index (χ3v) is 7.60. The van der Waals surface area contributed by atoms with E-state index in [0.29, 0.717) is 0 Å². The minimum atomic E-state index is 0.863. The largest absolute Gasteiger partial charge is 0.381 e. The third kappa shape index (κ3) is 3.63. The van der Waals surface area contributed by atoms with Crippen molar-refractivity contribution in [1.29, 1.82) is 0 Å². The Bertz CT molecular complexity index is 1830. The maximum absolute atomic E-state index is 3.55. The Hall–Kier alpha value is -4.62. The van der Waals surface area contributed by atoms with Gasteiger partial charge in [-0.2, -0.15) is 0 Å². The molecule has 0 aliphatic carbocycles. The number of nitrogens with one attached hydrogen (secondary N) is 1. The predicted molar refractivity (Wildman–Crippen MR) is 160 cm³/mol. The fraction of sp³-hybridized carbons (Fsp3) is 0.0556. The van der Waals surface area contributed by atoms with Gasteiger partial charge in [0.1, 0.15) is 0 Å². The Labute approximate surface area is 217 Å². The van der Waals surface area contributed by atoms with Crippen LogP contribution >= 0.6 is 0 Å². The molecular formula is C36H27N. The molecule has 0 atom stereocenters. The van der Waals surface area contributed by atoms with Gasteiger partial charge in [-0.15, -0.1) is 0 Å². The molecule has 0 spiro atoms. The standard InChI is InChI=1S/C36H27N/c1-24-17-18-28(23-33(24)34-16-8-9-21-37-34)36-31-14-6-4-12-29(31)35(30-13-5-7-15-32(30)36)27-20-19-25-10-2-3-11-26(25)22-27/h2-20,22-23,37H,21H2,1H3. The van der Waals surface area contributed by atoms with Gasteiger partial charge in [0.15, 0.2) is 0 Å². The lowest BCUT2D eigenvalue weighted by atomic mass is 9.85. The summed E-state index contributed by atoms with van der Waals surface area (Å²) in [5.41, 5.74) is 8.82. The van der Waals surface area contributed by atoms with E-state index in [1.807, 2.05) is 0 Å². The van der Waals surface area contributed by atoms with Gasteiger partial charge in [-0.05, 0) is 85.3 Å². The van der Waals surface area contributed by atoms with E-state index in [9.17, 15) is 0 Å². The smallest absolute Gasteiger partial charge is 0.0419 e. The summed E-state index contributed by atoms with van der Waals surface area (Å²) in [6.07, 6.45) is 6.46. The van der Waals surface area contributed by atoms with Crippen molar-refractivity contribution >= 4 is 38.0 Å². The van der Waals surface area contributed by atoms with Gasteiger partial charge in [-0.25, -0.2) is 0 Å². The summed E-state index contributed by atoms with van der Waals surface area (Å²) in [4.78, 5) is 0. The zero-order valence-corrected chi connectivity index (χ0v) is 20.8. The summed E-state index contributed by atoms with van der Waals surface area (Å²) in [6, 6.07) is 40.1. The van der Waals surface area contributed by atoms with E-state index in [-0.39, 0.29) is 0 Å². The lowest BCUT2D eigenvalue weighted by molar-refractivity contribution is 0.993. The minimum Gasteiger partial charge on any atom is -0.381 e. The highest BCUT2D eigenvalue weighted by Gasteiger charge is 2.18. The highest BCUT2D eigenvalue weighted by atomic mass is 14.9. The van der Waals surface area contributed by atoms with Gasteiger partial charge in [-0.3, -0.25) is 0 Å². The number of hydrogen-bond donors (Lipinski definition) is 1. The summed E-state index contributed by atoms with van der Waals surface area (Å²) in [7, 11) is 0. The number of hydrogen-bond acceptors (Lipinski definition) is 1. The molecule has 0 fully saturated rings. The third-order valence-electron chi connectivity index (χ3n) is 7.60. The minimum absolute atomic E-state index is 0.863. The molecule has 1 N–H and O–H groups in total.